The number of aliphatic hydroxyl groups is 1. The first-order chi connectivity index (χ1) is 15.4. The zero-order valence-corrected chi connectivity index (χ0v) is 19.9. The second kappa shape index (κ2) is 10.3. The Hall–Kier alpha value is -2.00. The molecule has 0 saturated heterocycles. The first-order valence-corrected chi connectivity index (χ1v) is 12.2. The Bertz CT molecular complexity index is 1070. The number of ether oxygens (including phenoxy) is 1. The number of thiophene rings is 1. The maximum atomic E-state index is 12.9. The third kappa shape index (κ3) is 5.67. The highest BCUT2D eigenvalue weighted by Crippen LogP contribution is 2.35. The van der Waals surface area contributed by atoms with Crippen molar-refractivity contribution in [2.45, 2.75) is 59.2 Å². The summed E-state index contributed by atoms with van der Waals surface area (Å²) in [5.41, 5.74) is 1.13. The Balaban J connectivity index is 1.52. The van der Waals surface area contributed by atoms with Crippen LogP contribution in [0.5, 0.6) is 0 Å². The number of nitrogens with one attached hydrogen (secondary N) is 1. The van der Waals surface area contributed by atoms with Crippen LogP contribution in [0.4, 0.5) is 0 Å². The van der Waals surface area contributed by atoms with Crippen LogP contribution in [-0.4, -0.2) is 45.8 Å². The minimum atomic E-state index is -0.644. The molecule has 0 bridgehead atoms. The molecule has 0 amide bonds. The van der Waals surface area contributed by atoms with Crippen LogP contribution >= 0.6 is 11.3 Å². The number of nitrogens with zero attached hydrogens (tertiary/aromatic N) is 2. The minimum Gasteiger partial charge on any atom is -0.468 e. The van der Waals surface area contributed by atoms with Crippen LogP contribution in [0.3, 0.4) is 0 Å². The van der Waals surface area contributed by atoms with E-state index in [0.717, 1.165) is 35.2 Å². The van der Waals surface area contributed by atoms with Crippen molar-refractivity contribution in [1.29, 1.82) is 0 Å². The third-order valence-electron chi connectivity index (χ3n) is 5.78. The maximum absolute atomic E-state index is 12.9. The van der Waals surface area contributed by atoms with Gasteiger partial charge < -0.3 is 19.2 Å². The topological polar surface area (TPSA) is 91.6 Å². The summed E-state index contributed by atoms with van der Waals surface area (Å²) in [6.07, 6.45) is 4.09. The highest BCUT2D eigenvalue weighted by Gasteiger charge is 2.24. The highest BCUT2D eigenvalue weighted by molar-refractivity contribution is 7.18. The Morgan fingerprint density at radius 2 is 2.22 bits per heavy atom. The molecule has 2 N–H and O–H groups in total. The van der Waals surface area contributed by atoms with Crippen molar-refractivity contribution in [2.24, 2.45) is 11.8 Å². The van der Waals surface area contributed by atoms with Gasteiger partial charge in [0.15, 0.2) is 0 Å². The van der Waals surface area contributed by atoms with Crippen molar-refractivity contribution in [1.82, 2.24) is 14.9 Å². The first-order valence-electron chi connectivity index (χ1n) is 11.4. The minimum absolute atomic E-state index is 0.0594. The molecular formula is C24H33N3O4S. The number of aromatic amines is 1. The van der Waals surface area contributed by atoms with E-state index >= 15 is 0 Å². The Labute approximate surface area is 192 Å². The second-order valence-corrected chi connectivity index (χ2v) is 10.5. The van der Waals surface area contributed by atoms with Crippen molar-refractivity contribution < 1.29 is 14.3 Å². The molecule has 4 rings (SSSR count). The average molecular weight is 460 g/mol. The van der Waals surface area contributed by atoms with Gasteiger partial charge in [0.05, 0.1) is 37.4 Å². The largest absolute Gasteiger partial charge is 0.468 e. The smallest absolute Gasteiger partial charge is 0.259 e. The zero-order valence-electron chi connectivity index (χ0n) is 19.1. The Kier molecular flexibility index (Phi) is 7.45. The molecule has 3 aromatic heterocycles. The van der Waals surface area contributed by atoms with E-state index in [2.05, 4.69) is 25.8 Å². The molecule has 0 aromatic carbocycles. The quantitative estimate of drug-likeness (QED) is 0.480. The summed E-state index contributed by atoms with van der Waals surface area (Å²) in [4.78, 5) is 24.9. The van der Waals surface area contributed by atoms with Gasteiger partial charge in [-0.05, 0) is 48.8 Å². The molecule has 0 spiro atoms. The van der Waals surface area contributed by atoms with E-state index in [9.17, 15) is 9.90 Å². The SMILES string of the molecule is CC(C)COC[C@@H](O)CN(Cc1nc2sc3c(c2c(=O)[nH]1)CC[C@H](C)C3)Cc1ccco1. The van der Waals surface area contributed by atoms with Crippen molar-refractivity contribution in [3.8, 4) is 0 Å². The number of fused-ring (bicyclic) bond motifs is 3. The van der Waals surface area contributed by atoms with E-state index in [1.807, 2.05) is 17.0 Å². The zero-order chi connectivity index (χ0) is 22.7. The van der Waals surface area contributed by atoms with Crippen molar-refractivity contribution >= 4 is 21.6 Å². The number of aromatic nitrogens is 2. The fraction of sp³-hybridized carbons (Fsp3) is 0.583. The van der Waals surface area contributed by atoms with Gasteiger partial charge in [0.25, 0.3) is 5.56 Å². The van der Waals surface area contributed by atoms with E-state index in [0.29, 0.717) is 43.9 Å². The molecule has 32 heavy (non-hydrogen) atoms. The van der Waals surface area contributed by atoms with E-state index in [-0.39, 0.29) is 12.2 Å². The standard InChI is InChI=1S/C24H33N3O4S/c1-15(2)13-30-14-17(28)10-27(11-18-5-4-8-31-18)12-21-25-23(29)22-19-7-6-16(3)9-20(19)32-24(22)26-21/h4-5,8,15-17,28H,6-7,9-14H2,1-3H3,(H,25,26,29)/t16-,17-/m0/s1. The lowest BCUT2D eigenvalue weighted by Gasteiger charge is -2.24. The van der Waals surface area contributed by atoms with E-state index in [1.165, 1.54) is 10.4 Å². The molecule has 0 fully saturated rings. The molecule has 0 aliphatic heterocycles. The number of hydrogen-bond donors (Lipinski definition) is 2. The molecular weight excluding hydrogens is 426 g/mol. The number of furan rings is 1. The van der Waals surface area contributed by atoms with Crippen LogP contribution in [0.1, 0.15) is 49.2 Å². The number of hydrogen-bond acceptors (Lipinski definition) is 7. The third-order valence-corrected chi connectivity index (χ3v) is 6.93. The molecule has 1 aliphatic rings. The van der Waals surface area contributed by atoms with Gasteiger partial charge in [-0.1, -0.05) is 20.8 Å². The van der Waals surface area contributed by atoms with Crippen LogP contribution in [0.2, 0.25) is 0 Å². The summed E-state index contributed by atoms with van der Waals surface area (Å²) >= 11 is 1.65. The van der Waals surface area contributed by atoms with Crippen LogP contribution < -0.4 is 5.56 Å². The fourth-order valence-electron chi connectivity index (χ4n) is 4.28. The summed E-state index contributed by atoms with van der Waals surface area (Å²) in [6, 6.07) is 3.75. The summed E-state index contributed by atoms with van der Waals surface area (Å²) in [5, 5.41) is 11.3. The fourth-order valence-corrected chi connectivity index (χ4v) is 5.68. The van der Waals surface area contributed by atoms with Gasteiger partial charge in [-0.2, -0.15) is 0 Å². The molecule has 8 heteroatoms. The van der Waals surface area contributed by atoms with Gasteiger partial charge in [-0.3, -0.25) is 9.69 Å². The van der Waals surface area contributed by atoms with Crippen molar-refractivity contribution in [3.05, 3.63) is 50.8 Å². The van der Waals surface area contributed by atoms with Crippen molar-refractivity contribution in [2.75, 3.05) is 19.8 Å². The van der Waals surface area contributed by atoms with Gasteiger partial charge in [-0.25, -0.2) is 4.98 Å². The molecule has 0 saturated carbocycles. The van der Waals surface area contributed by atoms with Gasteiger partial charge in [-0.15, -0.1) is 11.3 Å². The first kappa shape index (κ1) is 23.2. The monoisotopic (exact) mass is 459 g/mol. The molecule has 3 heterocycles. The molecule has 2 atom stereocenters. The molecule has 0 radical (unpaired) electrons. The maximum Gasteiger partial charge on any atom is 0.259 e. The molecule has 1 aliphatic carbocycles. The molecule has 0 unspecified atom stereocenters. The number of aryl methyl sites for hydroxylation is 1. The summed E-state index contributed by atoms with van der Waals surface area (Å²) in [5.74, 6) is 2.47. The normalized spacial score (nSPS) is 17.4. The number of aliphatic hydroxyl groups excluding tert-OH is 1. The summed E-state index contributed by atoms with van der Waals surface area (Å²) < 4.78 is 11.1. The predicted octanol–water partition coefficient (Wildman–Crippen LogP) is 3.74. The Morgan fingerprint density at radius 3 is 2.97 bits per heavy atom. The number of rotatable bonds is 10. The van der Waals surface area contributed by atoms with Gasteiger partial charge in [0, 0.05) is 18.0 Å². The van der Waals surface area contributed by atoms with Crippen LogP contribution in [0.15, 0.2) is 27.6 Å². The summed E-state index contributed by atoms with van der Waals surface area (Å²) in [6.45, 7) is 8.61. The lowest BCUT2D eigenvalue weighted by molar-refractivity contribution is 0.00421. The van der Waals surface area contributed by atoms with Crippen molar-refractivity contribution in [3.63, 3.8) is 0 Å². The van der Waals surface area contributed by atoms with Gasteiger partial charge in [0.1, 0.15) is 16.4 Å². The van der Waals surface area contributed by atoms with Gasteiger partial charge in [0.2, 0.25) is 0 Å². The second-order valence-electron chi connectivity index (χ2n) is 9.38. The lowest BCUT2D eigenvalue weighted by atomic mass is 9.89. The van der Waals surface area contributed by atoms with Crippen LogP contribution in [0.25, 0.3) is 10.2 Å². The highest BCUT2D eigenvalue weighted by atomic mass is 32.1. The van der Waals surface area contributed by atoms with Crippen LogP contribution in [0, 0.1) is 11.8 Å². The van der Waals surface area contributed by atoms with Crippen LogP contribution in [-0.2, 0) is 30.7 Å². The predicted molar refractivity (Wildman–Crippen MR) is 126 cm³/mol. The van der Waals surface area contributed by atoms with E-state index in [1.54, 1.807) is 17.6 Å². The Morgan fingerprint density at radius 1 is 1.38 bits per heavy atom. The number of H-pyrrole nitrogens is 1. The van der Waals surface area contributed by atoms with E-state index in [4.69, 9.17) is 14.1 Å². The molecule has 7 nitrogen and oxygen atoms in total. The van der Waals surface area contributed by atoms with E-state index < -0.39 is 6.10 Å². The summed E-state index contributed by atoms with van der Waals surface area (Å²) in [7, 11) is 0. The van der Waals surface area contributed by atoms with Gasteiger partial charge >= 0.3 is 0 Å². The lowest BCUT2D eigenvalue weighted by Crippen LogP contribution is -2.35. The average Bonchev–Trinajstić information content (AvgIpc) is 3.34. The molecule has 174 valence electrons. The molecule has 3 aromatic rings.